The van der Waals surface area contributed by atoms with E-state index in [1.54, 1.807) is 12.1 Å². The standard InChI is InChI=1S/C16H16BrNO3/c17-11-4-3-9(6-10(11)16(20)21)18-15(19)14-12-7-1-2-8(5-7)13(12)14/h3-4,6-8,12-14H,1-2,5H2,(H,18,19)(H,20,21). The molecule has 110 valence electrons. The van der Waals surface area contributed by atoms with Crippen LogP contribution in [0, 0.1) is 29.6 Å². The Morgan fingerprint density at radius 3 is 2.48 bits per heavy atom. The van der Waals surface area contributed by atoms with Crippen molar-refractivity contribution in [1.82, 2.24) is 0 Å². The van der Waals surface area contributed by atoms with Crippen molar-refractivity contribution in [2.24, 2.45) is 29.6 Å². The Morgan fingerprint density at radius 1 is 1.19 bits per heavy atom. The minimum Gasteiger partial charge on any atom is -0.478 e. The van der Waals surface area contributed by atoms with E-state index in [0.717, 1.165) is 11.8 Å². The van der Waals surface area contributed by atoms with Gasteiger partial charge >= 0.3 is 5.97 Å². The van der Waals surface area contributed by atoms with Gasteiger partial charge in [-0.15, -0.1) is 0 Å². The van der Waals surface area contributed by atoms with E-state index in [1.807, 2.05) is 0 Å². The van der Waals surface area contributed by atoms with E-state index in [9.17, 15) is 9.59 Å². The Morgan fingerprint density at radius 2 is 1.86 bits per heavy atom. The molecule has 2 N–H and O–H groups in total. The Balaban J connectivity index is 1.49. The van der Waals surface area contributed by atoms with Crippen molar-refractivity contribution in [3.63, 3.8) is 0 Å². The van der Waals surface area contributed by atoms with E-state index in [2.05, 4.69) is 21.2 Å². The molecule has 3 fully saturated rings. The lowest BCUT2D eigenvalue weighted by Gasteiger charge is -2.10. The number of carbonyl (C=O) groups excluding carboxylic acids is 1. The van der Waals surface area contributed by atoms with Crippen LogP contribution in [0.1, 0.15) is 29.6 Å². The summed E-state index contributed by atoms with van der Waals surface area (Å²) < 4.78 is 0.523. The molecule has 0 saturated heterocycles. The van der Waals surface area contributed by atoms with Crippen LogP contribution < -0.4 is 5.32 Å². The van der Waals surface area contributed by atoms with E-state index in [4.69, 9.17) is 5.11 Å². The number of nitrogens with one attached hydrogen (secondary N) is 1. The molecular formula is C16H16BrNO3. The summed E-state index contributed by atoms with van der Waals surface area (Å²) in [6.45, 7) is 0. The zero-order valence-corrected chi connectivity index (χ0v) is 13.0. The number of hydrogen-bond donors (Lipinski definition) is 2. The number of anilines is 1. The molecule has 4 nitrogen and oxygen atoms in total. The maximum Gasteiger partial charge on any atom is 0.336 e. The zero-order valence-electron chi connectivity index (χ0n) is 11.4. The molecule has 3 aliphatic rings. The van der Waals surface area contributed by atoms with Gasteiger partial charge in [0, 0.05) is 16.1 Å². The second kappa shape index (κ2) is 4.57. The lowest BCUT2D eigenvalue weighted by Crippen LogP contribution is -2.18. The van der Waals surface area contributed by atoms with Crippen LogP contribution in [-0.4, -0.2) is 17.0 Å². The van der Waals surface area contributed by atoms with Gasteiger partial charge in [0.2, 0.25) is 5.91 Å². The van der Waals surface area contributed by atoms with E-state index >= 15 is 0 Å². The summed E-state index contributed by atoms with van der Waals surface area (Å²) in [5, 5.41) is 12.0. The summed E-state index contributed by atoms with van der Waals surface area (Å²) in [7, 11) is 0. The predicted octanol–water partition coefficient (Wildman–Crippen LogP) is 3.38. The fourth-order valence-electron chi connectivity index (χ4n) is 4.67. The SMILES string of the molecule is O=C(O)c1cc(NC(=O)C2C3C4CCC(C4)C23)ccc1Br. The van der Waals surface area contributed by atoms with Gasteiger partial charge in [-0.2, -0.15) is 0 Å². The van der Waals surface area contributed by atoms with Crippen LogP contribution in [-0.2, 0) is 4.79 Å². The third-order valence-electron chi connectivity index (χ3n) is 5.50. The van der Waals surface area contributed by atoms with Gasteiger partial charge in [-0.25, -0.2) is 4.79 Å². The molecule has 1 amide bonds. The van der Waals surface area contributed by atoms with Crippen LogP contribution in [0.15, 0.2) is 22.7 Å². The first kappa shape index (κ1) is 13.3. The number of fused-ring (bicyclic) bond motifs is 5. The summed E-state index contributed by atoms with van der Waals surface area (Å²) in [4.78, 5) is 23.5. The Bertz CT molecular complexity index is 628. The van der Waals surface area contributed by atoms with Gasteiger partial charge in [-0.3, -0.25) is 4.79 Å². The van der Waals surface area contributed by atoms with E-state index in [1.165, 1.54) is 25.3 Å². The minimum atomic E-state index is -1.00. The van der Waals surface area contributed by atoms with Crippen LogP contribution >= 0.6 is 15.9 Å². The number of carbonyl (C=O) groups is 2. The highest BCUT2D eigenvalue weighted by atomic mass is 79.9. The van der Waals surface area contributed by atoms with Crippen molar-refractivity contribution >= 4 is 33.5 Å². The number of halogens is 1. The molecule has 3 aliphatic carbocycles. The second-order valence-electron chi connectivity index (χ2n) is 6.50. The highest BCUT2D eigenvalue weighted by molar-refractivity contribution is 9.10. The molecule has 3 saturated carbocycles. The lowest BCUT2D eigenvalue weighted by atomic mass is 10.0. The first-order valence-corrected chi connectivity index (χ1v) is 8.19. The number of carboxylic acids is 1. The third-order valence-corrected chi connectivity index (χ3v) is 6.19. The Labute approximate surface area is 131 Å². The summed E-state index contributed by atoms with van der Waals surface area (Å²) in [5.41, 5.74) is 0.738. The first-order chi connectivity index (χ1) is 10.1. The molecular weight excluding hydrogens is 334 g/mol. The molecule has 4 unspecified atom stereocenters. The molecule has 0 aromatic heterocycles. The largest absolute Gasteiger partial charge is 0.478 e. The maximum atomic E-state index is 12.4. The van der Waals surface area contributed by atoms with Gasteiger partial charge in [0.25, 0.3) is 0 Å². The van der Waals surface area contributed by atoms with Gasteiger partial charge in [0.15, 0.2) is 0 Å². The minimum absolute atomic E-state index is 0.0697. The van der Waals surface area contributed by atoms with Crippen LogP contribution in [0.4, 0.5) is 5.69 Å². The molecule has 0 spiro atoms. The van der Waals surface area contributed by atoms with Crippen LogP contribution in [0.3, 0.4) is 0 Å². The fourth-order valence-corrected chi connectivity index (χ4v) is 5.08. The number of hydrogen-bond acceptors (Lipinski definition) is 2. The van der Waals surface area contributed by atoms with Crippen molar-refractivity contribution in [3.05, 3.63) is 28.2 Å². The van der Waals surface area contributed by atoms with E-state index in [-0.39, 0.29) is 17.4 Å². The molecule has 0 aliphatic heterocycles. The number of benzene rings is 1. The average Bonchev–Trinajstić information content (AvgIpc) is 2.90. The van der Waals surface area contributed by atoms with E-state index < -0.39 is 5.97 Å². The van der Waals surface area contributed by atoms with Gasteiger partial charge in [0.1, 0.15) is 0 Å². The molecule has 1 aromatic carbocycles. The summed E-state index contributed by atoms with van der Waals surface area (Å²) >= 11 is 3.21. The van der Waals surface area contributed by atoms with Crippen molar-refractivity contribution in [1.29, 1.82) is 0 Å². The van der Waals surface area contributed by atoms with Crippen molar-refractivity contribution in [2.75, 3.05) is 5.32 Å². The highest BCUT2D eigenvalue weighted by Crippen LogP contribution is 2.69. The van der Waals surface area contributed by atoms with Crippen molar-refractivity contribution < 1.29 is 14.7 Å². The number of aromatic carboxylic acids is 1. The highest BCUT2D eigenvalue weighted by Gasteiger charge is 2.67. The smallest absolute Gasteiger partial charge is 0.336 e. The number of amides is 1. The lowest BCUT2D eigenvalue weighted by molar-refractivity contribution is -0.118. The number of rotatable bonds is 3. The average molecular weight is 350 g/mol. The molecule has 2 bridgehead atoms. The Hall–Kier alpha value is -1.36. The monoisotopic (exact) mass is 349 g/mol. The van der Waals surface area contributed by atoms with Gasteiger partial charge in [0.05, 0.1) is 5.56 Å². The first-order valence-electron chi connectivity index (χ1n) is 7.40. The van der Waals surface area contributed by atoms with Crippen LogP contribution in [0.25, 0.3) is 0 Å². The van der Waals surface area contributed by atoms with Crippen LogP contribution in [0.5, 0.6) is 0 Å². The maximum absolute atomic E-state index is 12.4. The molecule has 0 radical (unpaired) electrons. The summed E-state index contributed by atoms with van der Waals surface area (Å²) in [6, 6.07) is 4.91. The van der Waals surface area contributed by atoms with Gasteiger partial charge in [-0.05, 0) is 77.1 Å². The molecule has 4 atom stereocenters. The van der Waals surface area contributed by atoms with Gasteiger partial charge in [-0.1, -0.05) is 0 Å². The van der Waals surface area contributed by atoms with Gasteiger partial charge < -0.3 is 10.4 Å². The third kappa shape index (κ3) is 2.01. The summed E-state index contributed by atoms with van der Waals surface area (Å²) in [6.07, 6.45) is 3.90. The second-order valence-corrected chi connectivity index (χ2v) is 7.36. The summed E-state index contributed by atoms with van der Waals surface area (Å²) in [5.74, 6) is 1.94. The molecule has 0 heterocycles. The van der Waals surface area contributed by atoms with Crippen LogP contribution in [0.2, 0.25) is 0 Å². The van der Waals surface area contributed by atoms with E-state index in [0.29, 0.717) is 22.0 Å². The normalized spacial score (nSPS) is 35.4. The predicted molar refractivity (Wildman–Crippen MR) is 81.0 cm³/mol. The molecule has 4 rings (SSSR count). The topological polar surface area (TPSA) is 66.4 Å². The molecule has 21 heavy (non-hydrogen) atoms. The number of carboxylic acid groups (broad SMARTS) is 1. The fraction of sp³-hybridized carbons (Fsp3) is 0.500. The Kier molecular flexibility index (Phi) is 2.89. The molecule has 1 aromatic rings. The quantitative estimate of drug-likeness (QED) is 0.878. The molecule has 5 heteroatoms. The van der Waals surface area contributed by atoms with Crippen molar-refractivity contribution in [2.45, 2.75) is 19.3 Å². The van der Waals surface area contributed by atoms with Crippen molar-refractivity contribution in [3.8, 4) is 0 Å². The zero-order chi connectivity index (χ0) is 14.7.